The van der Waals surface area contributed by atoms with E-state index in [2.05, 4.69) is 50.4 Å². The van der Waals surface area contributed by atoms with Crippen molar-refractivity contribution in [3.63, 3.8) is 0 Å². The first-order chi connectivity index (χ1) is 8.90. The molecule has 19 heavy (non-hydrogen) atoms. The summed E-state index contributed by atoms with van der Waals surface area (Å²) >= 11 is 0. The van der Waals surface area contributed by atoms with Gasteiger partial charge in [-0.15, -0.1) is 0 Å². The second kappa shape index (κ2) is 5.33. The van der Waals surface area contributed by atoms with Crippen molar-refractivity contribution < 1.29 is 4.79 Å². The Morgan fingerprint density at radius 3 is 2.37 bits per heavy atom. The smallest absolute Gasteiger partial charge is 0.223 e. The van der Waals surface area contributed by atoms with Crippen molar-refractivity contribution in [1.82, 2.24) is 10.2 Å². The van der Waals surface area contributed by atoms with E-state index in [1.54, 1.807) is 0 Å². The Morgan fingerprint density at radius 2 is 1.89 bits per heavy atom. The molecule has 0 atom stereocenters. The van der Waals surface area contributed by atoms with E-state index in [1.165, 1.54) is 11.1 Å². The molecular weight excluding hydrogens is 236 g/mol. The number of nitrogens with one attached hydrogen (secondary N) is 1. The molecule has 0 radical (unpaired) electrons. The Hall–Kier alpha value is -1.35. The van der Waals surface area contributed by atoms with Gasteiger partial charge in [0, 0.05) is 26.6 Å². The molecule has 1 aromatic rings. The normalized spacial score (nSPS) is 16.0. The Bertz CT molecular complexity index is 446. The summed E-state index contributed by atoms with van der Waals surface area (Å²) in [5.74, 6) is 0.233. The van der Waals surface area contributed by atoms with Crippen LogP contribution in [0.15, 0.2) is 24.3 Å². The quantitative estimate of drug-likeness (QED) is 0.899. The van der Waals surface area contributed by atoms with Crippen molar-refractivity contribution in [2.45, 2.75) is 38.6 Å². The highest BCUT2D eigenvalue weighted by atomic mass is 16.2. The van der Waals surface area contributed by atoms with E-state index in [-0.39, 0.29) is 11.3 Å². The third-order valence-electron chi connectivity index (χ3n) is 4.13. The van der Waals surface area contributed by atoms with Crippen molar-refractivity contribution in [2.75, 3.05) is 20.1 Å². The van der Waals surface area contributed by atoms with Gasteiger partial charge in [-0.3, -0.25) is 4.79 Å². The highest BCUT2D eigenvalue weighted by Crippen LogP contribution is 2.28. The molecule has 3 heteroatoms. The van der Waals surface area contributed by atoms with Crippen LogP contribution in [-0.2, 0) is 10.2 Å². The maximum absolute atomic E-state index is 12.3. The Morgan fingerprint density at radius 1 is 1.32 bits per heavy atom. The van der Waals surface area contributed by atoms with E-state index in [0.717, 1.165) is 13.1 Å². The van der Waals surface area contributed by atoms with Gasteiger partial charge in [0.25, 0.3) is 0 Å². The van der Waals surface area contributed by atoms with Crippen LogP contribution in [0.2, 0.25) is 0 Å². The van der Waals surface area contributed by atoms with Crippen molar-refractivity contribution in [3.05, 3.63) is 35.4 Å². The van der Waals surface area contributed by atoms with Crippen molar-refractivity contribution in [2.24, 2.45) is 0 Å². The summed E-state index contributed by atoms with van der Waals surface area (Å²) < 4.78 is 0. The fourth-order valence-corrected chi connectivity index (χ4v) is 2.36. The summed E-state index contributed by atoms with van der Waals surface area (Å²) in [4.78, 5) is 14.2. The molecule has 0 unspecified atom stereocenters. The predicted octanol–water partition coefficient (Wildman–Crippen LogP) is 2.09. The lowest BCUT2D eigenvalue weighted by Gasteiger charge is -2.37. The van der Waals surface area contributed by atoms with Crippen LogP contribution in [0, 0.1) is 6.92 Å². The molecule has 0 aliphatic carbocycles. The number of nitrogens with zero attached hydrogens (tertiary/aromatic N) is 1. The molecule has 1 saturated heterocycles. The summed E-state index contributed by atoms with van der Waals surface area (Å²) in [7, 11) is 1.92. The summed E-state index contributed by atoms with van der Waals surface area (Å²) in [6.07, 6.45) is 0.559. The largest absolute Gasteiger partial charge is 0.340 e. The highest BCUT2D eigenvalue weighted by Gasteiger charge is 2.30. The van der Waals surface area contributed by atoms with E-state index < -0.39 is 0 Å². The number of hydrogen-bond donors (Lipinski definition) is 1. The van der Waals surface area contributed by atoms with E-state index >= 15 is 0 Å². The summed E-state index contributed by atoms with van der Waals surface area (Å²) in [6, 6.07) is 8.87. The minimum absolute atomic E-state index is 0.115. The molecule has 1 aromatic carbocycles. The van der Waals surface area contributed by atoms with Crippen LogP contribution in [-0.4, -0.2) is 37.0 Å². The molecule has 3 nitrogen and oxygen atoms in total. The minimum Gasteiger partial charge on any atom is -0.340 e. The topological polar surface area (TPSA) is 32.3 Å². The SMILES string of the molecule is Cc1ccc(C(C)(C)CC(=O)N(C)C2CNC2)cc1. The van der Waals surface area contributed by atoms with Gasteiger partial charge < -0.3 is 10.2 Å². The minimum atomic E-state index is -0.115. The maximum Gasteiger partial charge on any atom is 0.223 e. The zero-order valence-electron chi connectivity index (χ0n) is 12.4. The molecular formula is C16H24N2O. The van der Waals surface area contributed by atoms with Crippen LogP contribution in [0.3, 0.4) is 0 Å². The van der Waals surface area contributed by atoms with Gasteiger partial charge in [0.1, 0.15) is 0 Å². The molecule has 1 aliphatic rings. The standard InChI is InChI=1S/C16H24N2O/c1-12-5-7-13(8-6-12)16(2,3)9-15(19)18(4)14-10-17-11-14/h5-8,14,17H,9-11H2,1-4H3. The molecule has 0 bridgehead atoms. The van der Waals surface area contributed by atoms with Crippen molar-refractivity contribution in [1.29, 1.82) is 0 Å². The second-order valence-electron chi connectivity index (χ2n) is 6.24. The molecule has 1 heterocycles. The van der Waals surface area contributed by atoms with Gasteiger partial charge in [0.2, 0.25) is 5.91 Å². The third kappa shape index (κ3) is 3.16. The highest BCUT2D eigenvalue weighted by molar-refractivity contribution is 5.78. The number of rotatable bonds is 4. The molecule has 104 valence electrons. The van der Waals surface area contributed by atoms with Crippen LogP contribution in [0.1, 0.15) is 31.4 Å². The zero-order valence-corrected chi connectivity index (χ0v) is 12.4. The lowest BCUT2D eigenvalue weighted by atomic mass is 9.81. The maximum atomic E-state index is 12.3. The summed E-state index contributed by atoms with van der Waals surface area (Å²) in [5.41, 5.74) is 2.37. The average Bonchev–Trinajstić information content (AvgIpc) is 2.26. The molecule has 1 amide bonds. The number of benzene rings is 1. The predicted molar refractivity (Wildman–Crippen MR) is 78.2 cm³/mol. The van der Waals surface area contributed by atoms with E-state index in [4.69, 9.17) is 0 Å². The summed E-state index contributed by atoms with van der Waals surface area (Å²) in [6.45, 7) is 8.21. The van der Waals surface area contributed by atoms with Crippen LogP contribution < -0.4 is 5.32 Å². The number of likely N-dealkylation sites (N-methyl/N-ethyl adjacent to an activating group) is 1. The molecule has 1 fully saturated rings. The van der Waals surface area contributed by atoms with Gasteiger partial charge in [-0.2, -0.15) is 0 Å². The van der Waals surface area contributed by atoms with Gasteiger partial charge in [0.05, 0.1) is 6.04 Å². The molecule has 0 aromatic heterocycles. The summed E-state index contributed by atoms with van der Waals surface area (Å²) in [5, 5.41) is 3.20. The number of aryl methyl sites for hydroxylation is 1. The molecule has 1 aliphatic heterocycles. The molecule has 1 N–H and O–H groups in total. The van der Waals surface area contributed by atoms with Gasteiger partial charge in [-0.25, -0.2) is 0 Å². The zero-order chi connectivity index (χ0) is 14.0. The Labute approximate surface area is 116 Å². The lowest BCUT2D eigenvalue weighted by Crippen LogP contribution is -2.57. The van der Waals surface area contributed by atoms with Crippen molar-refractivity contribution >= 4 is 5.91 Å². The number of carbonyl (C=O) groups excluding carboxylic acids is 1. The first kappa shape index (κ1) is 14.1. The molecule has 0 saturated carbocycles. The average molecular weight is 260 g/mol. The lowest BCUT2D eigenvalue weighted by molar-refractivity contribution is -0.134. The van der Waals surface area contributed by atoms with Crippen LogP contribution in [0.5, 0.6) is 0 Å². The molecule has 0 spiro atoms. The first-order valence-electron chi connectivity index (χ1n) is 6.94. The van der Waals surface area contributed by atoms with Gasteiger partial charge in [-0.1, -0.05) is 43.7 Å². The fraction of sp³-hybridized carbons (Fsp3) is 0.562. The van der Waals surface area contributed by atoms with Gasteiger partial charge >= 0.3 is 0 Å². The Kier molecular flexibility index (Phi) is 3.95. The number of amides is 1. The van der Waals surface area contributed by atoms with Gasteiger partial charge in [0.15, 0.2) is 0 Å². The van der Waals surface area contributed by atoms with E-state index in [1.807, 2.05) is 11.9 Å². The van der Waals surface area contributed by atoms with E-state index in [0.29, 0.717) is 12.5 Å². The Balaban J connectivity index is 2.03. The second-order valence-corrected chi connectivity index (χ2v) is 6.24. The van der Waals surface area contributed by atoms with E-state index in [9.17, 15) is 4.79 Å². The fourth-order valence-electron chi connectivity index (χ4n) is 2.36. The first-order valence-corrected chi connectivity index (χ1v) is 6.94. The third-order valence-corrected chi connectivity index (χ3v) is 4.13. The van der Waals surface area contributed by atoms with Crippen LogP contribution >= 0.6 is 0 Å². The monoisotopic (exact) mass is 260 g/mol. The number of carbonyl (C=O) groups is 1. The van der Waals surface area contributed by atoms with Crippen molar-refractivity contribution in [3.8, 4) is 0 Å². The van der Waals surface area contributed by atoms with Gasteiger partial charge in [-0.05, 0) is 17.9 Å². The van der Waals surface area contributed by atoms with Crippen LogP contribution in [0.25, 0.3) is 0 Å². The van der Waals surface area contributed by atoms with Crippen LogP contribution in [0.4, 0.5) is 0 Å². The number of hydrogen-bond acceptors (Lipinski definition) is 2. The molecule has 2 rings (SSSR count).